The van der Waals surface area contributed by atoms with Crippen LogP contribution in [0.3, 0.4) is 0 Å². The lowest BCUT2D eigenvalue weighted by molar-refractivity contribution is 0.0963. The molecule has 0 spiro atoms. The SMILES string of the molecule is CNC(=O)c1ccc(Nc2ccc(OC)c(Cl)c2)c(N)c1. The summed E-state index contributed by atoms with van der Waals surface area (Å²) >= 11 is 6.07. The quantitative estimate of drug-likeness (QED) is 0.759. The molecule has 110 valence electrons. The Morgan fingerprint density at radius 1 is 1.24 bits per heavy atom. The molecule has 0 fully saturated rings. The molecule has 0 saturated carbocycles. The van der Waals surface area contributed by atoms with Crippen molar-refractivity contribution in [1.82, 2.24) is 5.32 Å². The van der Waals surface area contributed by atoms with Crippen LogP contribution < -0.4 is 21.1 Å². The van der Waals surface area contributed by atoms with E-state index in [9.17, 15) is 4.79 Å². The zero-order valence-corrected chi connectivity index (χ0v) is 12.5. The first kappa shape index (κ1) is 15.0. The zero-order valence-electron chi connectivity index (χ0n) is 11.7. The van der Waals surface area contributed by atoms with Crippen molar-refractivity contribution in [2.24, 2.45) is 0 Å². The third kappa shape index (κ3) is 3.38. The highest BCUT2D eigenvalue weighted by molar-refractivity contribution is 6.32. The van der Waals surface area contributed by atoms with Crippen molar-refractivity contribution < 1.29 is 9.53 Å². The Balaban J connectivity index is 2.24. The van der Waals surface area contributed by atoms with Gasteiger partial charge in [-0.15, -0.1) is 0 Å². The van der Waals surface area contributed by atoms with Gasteiger partial charge in [-0.25, -0.2) is 0 Å². The Bertz CT molecular complexity index is 674. The molecule has 2 rings (SSSR count). The van der Waals surface area contributed by atoms with Crippen LogP contribution in [0.5, 0.6) is 5.75 Å². The monoisotopic (exact) mass is 305 g/mol. The molecule has 1 amide bonds. The van der Waals surface area contributed by atoms with Crippen LogP contribution in [-0.2, 0) is 0 Å². The number of carbonyl (C=O) groups is 1. The number of halogens is 1. The van der Waals surface area contributed by atoms with Gasteiger partial charge >= 0.3 is 0 Å². The number of ether oxygens (including phenoxy) is 1. The molecule has 0 saturated heterocycles. The fourth-order valence-electron chi connectivity index (χ4n) is 1.86. The van der Waals surface area contributed by atoms with E-state index < -0.39 is 0 Å². The van der Waals surface area contributed by atoms with Crippen molar-refractivity contribution >= 4 is 34.6 Å². The van der Waals surface area contributed by atoms with Crippen LogP contribution in [0.4, 0.5) is 17.1 Å². The molecule has 5 nitrogen and oxygen atoms in total. The summed E-state index contributed by atoms with van der Waals surface area (Å²) in [5, 5.41) is 6.21. The van der Waals surface area contributed by atoms with E-state index in [0.29, 0.717) is 27.7 Å². The molecule has 0 radical (unpaired) electrons. The van der Waals surface area contributed by atoms with Crippen LogP contribution in [0.15, 0.2) is 36.4 Å². The number of carbonyl (C=O) groups excluding carboxylic acids is 1. The number of rotatable bonds is 4. The van der Waals surface area contributed by atoms with Gasteiger partial charge < -0.3 is 21.1 Å². The maximum Gasteiger partial charge on any atom is 0.251 e. The second-order valence-corrected chi connectivity index (χ2v) is 4.76. The molecule has 0 aliphatic carbocycles. The van der Waals surface area contributed by atoms with Crippen molar-refractivity contribution in [2.75, 3.05) is 25.2 Å². The molecule has 0 heterocycles. The molecule has 0 atom stereocenters. The molecule has 2 aromatic rings. The molecule has 0 aliphatic rings. The number of hydrogen-bond donors (Lipinski definition) is 3. The highest BCUT2D eigenvalue weighted by Crippen LogP contribution is 2.30. The van der Waals surface area contributed by atoms with Gasteiger partial charge in [0.25, 0.3) is 5.91 Å². The highest BCUT2D eigenvalue weighted by atomic mass is 35.5. The summed E-state index contributed by atoms with van der Waals surface area (Å²) in [7, 11) is 3.13. The maximum atomic E-state index is 11.5. The first-order chi connectivity index (χ1) is 10.0. The van der Waals surface area contributed by atoms with E-state index in [2.05, 4.69) is 10.6 Å². The van der Waals surface area contributed by atoms with Gasteiger partial charge in [0.1, 0.15) is 5.75 Å². The summed E-state index contributed by atoms with van der Waals surface area (Å²) in [5.74, 6) is 0.422. The lowest BCUT2D eigenvalue weighted by Crippen LogP contribution is -2.17. The molecule has 4 N–H and O–H groups in total. The molecule has 21 heavy (non-hydrogen) atoms. The van der Waals surface area contributed by atoms with Crippen molar-refractivity contribution in [3.63, 3.8) is 0 Å². The molecular formula is C15H16ClN3O2. The number of benzene rings is 2. The van der Waals surface area contributed by atoms with Gasteiger partial charge in [-0.05, 0) is 36.4 Å². The van der Waals surface area contributed by atoms with E-state index in [1.807, 2.05) is 6.07 Å². The smallest absolute Gasteiger partial charge is 0.251 e. The molecule has 0 bridgehead atoms. The number of nitrogen functional groups attached to an aromatic ring is 1. The maximum absolute atomic E-state index is 11.5. The average Bonchev–Trinajstić information content (AvgIpc) is 2.48. The van der Waals surface area contributed by atoms with Crippen molar-refractivity contribution in [1.29, 1.82) is 0 Å². The fraction of sp³-hybridized carbons (Fsp3) is 0.133. The van der Waals surface area contributed by atoms with E-state index >= 15 is 0 Å². The lowest BCUT2D eigenvalue weighted by atomic mass is 10.1. The summed E-state index contributed by atoms with van der Waals surface area (Å²) in [5.41, 5.74) is 8.41. The minimum Gasteiger partial charge on any atom is -0.495 e. The van der Waals surface area contributed by atoms with Crippen molar-refractivity contribution in [2.45, 2.75) is 0 Å². The Labute approximate surface area is 128 Å². The first-order valence-corrected chi connectivity index (χ1v) is 6.65. The summed E-state index contributed by atoms with van der Waals surface area (Å²) in [6.45, 7) is 0. The Hall–Kier alpha value is -2.40. The molecular weight excluding hydrogens is 290 g/mol. The summed E-state index contributed by atoms with van der Waals surface area (Å²) in [4.78, 5) is 11.5. The fourth-order valence-corrected chi connectivity index (χ4v) is 2.12. The van der Waals surface area contributed by atoms with Gasteiger partial charge in [0.15, 0.2) is 0 Å². The van der Waals surface area contributed by atoms with E-state index in [-0.39, 0.29) is 5.91 Å². The van der Waals surface area contributed by atoms with Gasteiger partial charge in [0, 0.05) is 18.3 Å². The molecule has 2 aromatic carbocycles. The summed E-state index contributed by atoms with van der Waals surface area (Å²) < 4.78 is 5.10. The summed E-state index contributed by atoms with van der Waals surface area (Å²) in [6.07, 6.45) is 0. The van der Waals surface area contributed by atoms with E-state index in [1.54, 1.807) is 44.5 Å². The average molecular weight is 306 g/mol. The first-order valence-electron chi connectivity index (χ1n) is 6.27. The van der Waals surface area contributed by atoms with Crippen LogP contribution in [0, 0.1) is 0 Å². The van der Waals surface area contributed by atoms with Crippen LogP contribution in [-0.4, -0.2) is 20.1 Å². The largest absolute Gasteiger partial charge is 0.495 e. The zero-order chi connectivity index (χ0) is 15.4. The number of nitrogens with two attached hydrogens (primary N) is 1. The predicted molar refractivity (Wildman–Crippen MR) is 85.5 cm³/mol. The van der Waals surface area contributed by atoms with Crippen LogP contribution in [0.25, 0.3) is 0 Å². The topological polar surface area (TPSA) is 76.4 Å². The number of hydrogen-bond acceptors (Lipinski definition) is 4. The van der Waals surface area contributed by atoms with Gasteiger partial charge in [-0.3, -0.25) is 4.79 Å². The highest BCUT2D eigenvalue weighted by Gasteiger charge is 2.08. The molecule has 0 unspecified atom stereocenters. The van der Waals surface area contributed by atoms with Gasteiger partial charge in [0.05, 0.1) is 23.5 Å². The Kier molecular flexibility index (Phi) is 4.55. The van der Waals surface area contributed by atoms with Gasteiger partial charge in [-0.1, -0.05) is 11.6 Å². The van der Waals surface area contributed by atoms with Crippen LogP contribution in [0.2, 0.25) is 5.02 Å². The minimum atomic E-state index is -0.180. The van der Waals surface area contributed by atoms with E-state index in [4.69, 9.17) is 22.1 Å². The number of amides is 1. The van der Waals surface area contributed by atoms with Crippen molar-refractivity contribution in [3.8, 4) is 5.75 Å². The third-order valence-corrected chi connectivity index (χ3v) is 3.27. The van der Waals surface area contributed by atoms with Gasteiger partial charge in [-0.2, -0.15) is 0 Å². The third-order valence-electron chi connectivity index (χ3n) is 2.97. The van der Waals surface area contributed by atoms with Gasteiger partial charge in [0.2, 0.25) is 0 Å². The lowest BCUT2D eigenvalue weighted by Gasteiger charge is -2.12. The Morgan fingerprint density at radius 3 is 2.57 bits per heavy atom. The summed E-state index contributed by atoms with van der Waals surface area (Å²) in [6, 6.07) is 10.4. The Morgan fingerprint density at radius 2 is 2.00 bits per heavy atom. The molecule has 6 heteroatoms. The van der Waals surface area contributed by atoms with Crippen molar-refractivity contribution in [3.05, 3.63) is 47.0 Å². The molecule has 0 aliphatic heterocycles. The normalized spacial score (nSPS) is 10.0. The predicted octanol–water partition coefficient (Wildman–Crippen LogP) is 3.03. The van der Waals surface area contributed by atoms with Crippen LogP contribution >= 0.6 is 11.6 Å². The van der Waals surface area contributed by atoms with Crippen LogP contribution in [0.1, 0.15) is 10.4 Å². The number of nitrogens with one attached hydrogen (secondary N) is 2. The van der Waals surface area contributed by atoms with E-state index in [1.165, 1.54) is 0 Å². The number of anilines is 3. The standard InChI is InChI=1S/C15H16ClN3O2/c1-18-15(20)9-3-5-13(12(17)7-9)19-10-4-6-14(21-2)11(16)8-10/h3-8,19H,17H2,1-2H3,(H,18,20). The number of methoxy groups -OCH3 is 1. The van der Waals surface area contributed by atoms with E-state index in [0.717, 1.165) is 5.69 Å². The molecule has 0 aromatic heterocycles. The second kappa shape index (κ2) is 6.37. The minimum absolute atomic E-state index is 0.180. The second-order valence-electron chi connectivity index (χ2n) is 4.36.